The second-order valence-electron chi connectivity index (χ2n) is 6.74. The largest absolute Gasteiger partial charge is 0.497 e. The highest BCUT2D eigenvalue weighted by atomic mass is 32.1. The van der Waals surface area contributed by atoms with Crippen molar-refractivity contribution in [2.75, 3.05) is 41.4 Å². The average Bonchev–Trinajstić information content (AvgIpc) is 3.15. The molecule has 0 fully saturated rings. The molecule has 0 aliphatic rings. The zero-order valence-corrected chi connectivity index (χ0v) is 17.7. The van der Waals surface area contributed by atoms with Gasteiger partial charge in [0.25, 0.3) is 0 Å². The summed E-state index contributed by atoms with van der Waals surface area (Å²) in [6.07, 6.45) is 0. The number of thiazole rings is 1. The highest BCUT2D eigenvalue weighted by molar-refractivity contribution is 7.18. The highest BCUT2D eigenvalue weighted by Crippen LogP contribution is 2.37. The summed E-state index contributed by atoms with van der Waals surface area (Å²) in [4.78, 5) is 8.29. The Labute approximate surface area is 170 Å². The van der Waals surface area contributed by atoms with E-state index >= 15 is 0 Å². The van der Waals surface area contributed by atoms with Crippen molar-refractivity contribution in [2.24, 2.45) is 0 Å². The van der Waals surface area contributed by atoms with Crippen LogP contribution in [-0.2, 0) is 6.54 Å². The molecule has 0 bridgehead atoms. The Kier molecular flexibility index (Phi) is 7.03. The van der Waals surface area contributed by atoms with Crippen molar-refractivity contribution in [1.82, 2.24) is 15.2 Å². The normalized spacial score (nSPS) is 11.0. The zero-order chi connectivity index (χ0) is 19.9. The van der Waals surface area contributed by atoms with Crippen LogP contribution in [0.5, 0.6) is 11.5 Å². The van der Waals surface area contributed by atoms with Gasteiger partial charge in [0.2, 0.25) is 0 Å². The molecule has 0 saturated carbocycles. The van der Waals surface area contributed by atoms with Gasteiger partial charge in [0, 0.05) is 25.2 Å². The summed E-state index contributed by atoms with van der Waals surface area (Å²) < 4.78 is 10.7. The molecule has 28 heavy (non-hydrogen) atoms. The highest BCUT2D eigenvalue weighted by Gasteiger charge is 2.15. The lowest BCUT2D eigenvalue weighted by Crippen LogP contribution is -2.26. The van der Waals surface area contributed by atoms with Gasteiger partial charge in [-0.1, -0.05) is 12.1 Å². The number of methoxy groups -OCH3 is 2. The van der Waals surface area contributed by atoms with Crippen LogP contribution in [-0.4, -0.2) is 51.3 Å². The first-order chi connectivity index (χ1) is 13.6. The number of aromatic nitrogens is 1. The van der Waals surface area contributed by atoms with Crippen molar-refractivity contribution in [3.63, 3.8) is 0 Å². The first kappa shape index (κ1) is 20.3. The number of hydrogen-bond acceptors (Lipinski definition) is 6. The lowest BCUT2D eigenvalue weighted by molar-refractivity contribution is 0.399. The second-order valence-corrected chi connectivity index (χ2v) is 7.73. The van der Waals surface area contributed by atoms with E-state index in [1.165, 1.54) is 4.88 Å². The molecule has 1 aromatic heterocycles. The summed E-state index contributed by atoms with van der Waals surface area (Å²) in [7, 11) is 7.52. The minimum absolute atomic E-state index is 0.732. The van der Waals surface area contributed by atoms with Crippen LogP contribution < -0.4 is 14.8 Å². The summed E-state index contributed by atoms with van der Waals surface area (Å²) in [6, 6.07) is 16.2. The Morgan fingerprint density at radius 2 is 1.71 bits per heavy atom. The number of nitrogens with zero attached hydrogens (tertiary/aromatic N) is 2. The molecular formula is C22H27N3O2S. The van der Waals surface area contributed by atoms with E-state index in [9.17, 15) is 0 Å². The molecule has 1 heterocycles. The predicted molar refractivity (Wildman–Crippen MR) is 116 cm³/mol. The number of rotatable bonds is 9. The van der Waals surface area contributed by atoms with E-state index in [4.69, 9.17) is 14.5 Å². The summed E-state index contributed by atoms with van der Waals surface area (Å²) in [5.41, 5.74) is 3.28. The maximum absolute atomic E-state index is 5.37. The lowest BCUT2D eigenvalue weighted by atomic mass is 10.1. The van der Waals surface area contributed by atoms with Gasteiger partial charge >= 0.3 is 0 Å². The standard InChI is InChI=1S/C22H27N3O2S/c1-25(2)13-12-23-15-20-21(16-8-10-18(26-3)11-9-16)28-22(24-20)17-6-5-7-19(14-17)27-4/h5-11,14,23H,12-13,15H2,1-4H3. The Hall–Kier alpha value is -2.41. The van der Waals surface area contributed by atoms with Crippen LogP contribution in [0.3, 0.4) is 0 Å². The van der Waals surface area contributed by atoms with Crippen LogP contribution >= 0.6 is 11.3 Å². The number of ether oxygens (including phenoxy) is 2. The third-order valence-corrected chi connectivity index (χ3v) is 5.59. The van der Waals surface area contributed by atoms with Gasteiger partial charge in [-0.15, -0.1) is 11.3 Å². The second kappa shape index (κ2) is 9.68. The zero-order valence-electron chi connectivity index (χ0n) is 16.9. The molecule has 0 aliphatic carbocycles. The van der Waals surface area contributed by atoms with Crippen molar-refractivity contribution in [1.29, 1.82) is 0 Å². The van der Waals surface area contributed by atoms with Crippen molar-refractivity contribution in [2.45, 2.75) is 6.54 Å². The predicted octanol–water partition coefficient (Wildman–Crippen LogP) is 4.15. The summed E-state index contributed by atoms with van der Waals surface area (Å²) in [5.74, 6) is 1.69. The summed E-state index contributed by atoms with van der Waals surface area (Å²) >= 11 is 1.70. The first-order valence-corrected chi connectivity index (χ1v) is 10.1. The fourth-order valence-electron chi connectivity index (χ4n) is 2.83. The molecule has 0 amide bonds. The summed E-state index contributed by atoms with van der Waals surface area (Å²) in [6.45, 7) is 2.64. The van der Waals surface area contributed by atoms with Gasteiger partial charge in [0.15, 0.2) is 0 Å². The molecule has 0 saturated heterocycles. The third-order valence-electron chi connectivity index (χ3n) is 4.39. The quantitative estimate of drug-likeness (QED) is 0.550. The minimum atomic E-state index is 0.732. The Bertz CT molecular complexity index is 891. The van der Waals surface area contributed by atoms with Gasteiger partial charge in [0.05, 0.1) is 24.8 Å². The van der Waals surface area contributed by atoms with Gasteiger partial charge in [-0.25, -0.2) is 4.98 Å². The van der Waals surface area contributed by atoms with Crippen molar-refractivity contribution >= 4 is 11.3 Å². The number of likely N-dealkylation sites (N-methyl/N-ethyl adjacent to an activating group) is 1. The Morgan fingerprint density at radius 3 is 2.39 bits per heavy atom. The van der Waals surface area contributed by atoms with Gasteiger partial charge in [-0.2, -0.15) is 0 Å². The van der Waals surface area contributed by atoms with Crippen LogP contribution in [0.15, 0.2) is 48.5 Å². The molecular weight excluding hydrogens is 370 g/mol. The number of benzene rings is 2. The van der Waals surface area contributed by atoms with Gasteiger partial charge < -0.3 is 19.7 Å². The maximum Gasteiger partial charge on any atom is 0.124 e. The Morgan fingerprint density at radius 1 is 0.964 bits per heavy atom. The van der Waals surface area contributed by atoms with Gasteiger partial charge in [-0.3, -0.25) is 0 Å². The topological polar surface area (TPSA) is 46.6 Å². The number of hydrogen-bond donors (Lipinski definition) is 1. The molecule has 5 nitrogen and oxygen atoms in total. The van der Waals surface area contributed by atoms with E-state index in [-0.39, 0.29) is 0 Å². The van der Waals surface area contributed by atoms with Crippen LogP contribution in [0.2, 0.25) is 0 Å². The van der Waals surface area contributed by atoms with Crippen LogP contribution in [0.4, 0.5) is 0 Å². The SMILES string of the molecule is COc1ccc(-c2sc(-c3cccc(OC)c3)nc2CNCCN(C)C)cc1. The molecule has 2 aromatic carbocycles. The summed E-state index contributed by atoms with van der Waals surface area (Å²) in [5, 5.41) is 4.50. The number of nitrogens with one attached hydrogen (secondary N) is 1. The minimum Gasteiger partial charge on any atom is -0.497 e. The molecule has 3 aromatic rings. The molecule has 3 rings (SSSR count). The lowest BCUT2D eigenvalue weighted by Gasteiger charge is -2.10. The average molecular weight is 398 g/mol. The molecule has 148 valence electrons. The van der Waals surface area contributed by atoms with Crippen molar-refractivity contribution in [3.8, 4) is 32.5 Å². The molecule has 0 spiro atoms. The molecule has 0 aliphatic heterocycles. The van der Waals surface area contributed by atoms with E-state index in [0.717, 1.165) is 53.0 Å². The first-order valence-electron chi connectivity index (χ1n) is 9.24. The van der Waals surface area contributed by atoms with Gasteiger partial charge in [-0.05, 0) is 56.1 Å². The fraction of sp³-hybridized carbons (Fsp3) is 0.318. The fourth-order valence-corrected chi connectivity index (χ4v) is 3.91. The molecule has 0 unspecified atom stereocenters. The molecule has 1 N–H and O–H groups in total. The van der Waals surface area contributed by atoms with E-state index in [1.807, 2.05) is 30.3 Å². The van der Waals surface area contributed by atoms with E-state index in [0.29, 0.717) is 0 Å². The van der Waals surface area contributed by atoms with E-state index < -0.39 is 0 Å². The van der Waals surface area contributed by atoms with Crippen molar-refractivity contribution in [3.05, 3.63) is 54.2 Å². The van der Waals surface area contributed by atoms with E-state index in [2.05, 4.69) is 42.5 Å². The van der Waals surface area contributed by atoms with E-state index in [1.54, 1.807) is 25.6 Å². The van der Waals surface area contributed by atoms with Crippen LogP contribution in [0, 0.1) is 0 Å². The van der Waals surface area contributed by atoms with Crippen LogP contribution in [0.25, 0.3) is 21.0 Å². The molecule has 6 heteroatoms. The maximum atomic E-state index is 5.37. The van der Waals surface area contributed by atoms with Gasteiger partial charge in [0.1, 0.15) is 16.5 Å². The molecule has 0 radical (unpaired) electrons. The van der Waals surface area contributed by atoms with Crippen molar-refractivity contribution < 1.29 is 9.47 Å². The van der Waals surface area contributed by atoms with Crippen LogP contribution in [0.1, 0.15) is 5.69 Å². The Balaban J connectivity index is 1.91. The third kappa shape index (κ3) is 5.10. The molecule has 0 atom stereocenters. The monoisotopic (exact) mass is 397 g/mol. The smallest absolute Gasteiger partial charge is 0.124 e.